The van der Waals surface area contributed by atoms with Crippen molar-refractivity contribution in [2.75, 3.05) is 45.9 Å². The van der Waals surface area contributed by atoms with Crippen LogP contribution in [0.15, 0.2) is 18.2 Å². The molecular formula is C16H22ClFN2O3. The summed E-state index contributed by atoms with van der Waals surface area (Å²) in [5, 5.41) is 10.2. The predicted molar refractivity (Wildman–Crippen MR) is 86.3 cm³/mol. The first-order valence-corrected chi connectivity index (χ1v) is 8.11. The van der Waals surface area contributed by atoms with Crippen LogP contribution in [-0.4, -0.2) is 72.9 Å². The van der Waals surface area contributed by atoms with Gasteiger partial charge in [-0.3, -0.25) is 9.69 Å². The smallest absolute Gasteiger partial charge is 0.256 e. The molecule has 1 fully saturated rings. The summed E-state index contributed by atoms with van der Waals surface area (Å²) in [5.74, 6) is -0.909. The lowest BCUT2D eigenvalue weighted by molar-refractivity contribution is 0.0111. The highest BCUT2D eigenvalue weighted by Crippen LogP contribution is 2.17. The summed E-state index contributed by atoms with van der Waals surface area (Å²) in [5.41, 5.74) is 0.00216. The van der Waals surface area contributed by atoms with Gasteiger partial charge in [-0.2, -0.15) is 0 Å². The molecule has 7 heteroatoms. The van der Waals surface area contributed by atoms with Gasteiger partial charge < -0.3 is 14.7 Å². The number of amides is 1. The number of hydrogen-bond donors (Lipinski definition) is 1. The molecule has 0 unspecified atom stereocenters. The third-order valence-electron chi connectivity index (χ3n) is 3.80. The van der Waals surface area contributed by atoms with Crippen molar-refractivity contribution in [1.82, 2.24) is 9.80 Å². The lowest BCUT2D eigenvalue weighted by Gasteiger charge is -2.35. The molecule has 1 atom stereocenters. The Kier molecular flexibility index (Phi) is 6.77. The highest BCUT2D eigenvalue weighted by Gasteiger charge is 2.25. The number of β-amino-alcohol motifs (C(OH)–C–C–N with tert-alkyl or cyclic N) is 1. The van der Waals surface area contributed by atoms with Crippen LogP contribution in [0, 0.1) is 5.82 Å². The molecule has 1 aliphatic rings. The Morgan fingerprint density at radius 3 is 2.74 bits per heavy atom. The van der Waals surface area contributed by atoms with E-state index < -0.39 is 11.9 Å². The van der Waals surface area contributed by atoms with Gasteiger partial charge in [0, 0.05) is 44.4 Å². The van der Waals surface area contributed by atoms with E-state index in [1.54, 1.807) is 4.90 Å². The number of nitrogens with zero attached hydrogens (tertiary/aromatic N) is 2. The molecule has 1 aliphatic heterocycles. The van der Waals surface area contributed by atoms with E-state index in [1.807, 2.05) is 6.92 Å². The van der Waals surface area contributed by atoms with E-state index in [4.69, 9.17) is 16.3 Å². The quantitative estimate of drug-likeness (QED) is 0.852. The molecule has 0 radical (unpaired) electrons. The molecule has 0 spiro atoms. The van der Waals surface area contributed by atoms with Gasteiger partial charge in [0.2, 0.25) is 0 Å². The van der Waals surface area contributed by atoms with Crippen LogP contribution in [-0.2, 0) is 4.74 Å². The Morgan fingerprint density at radius 1 is 1.39 bits per heavy atom. The van der Waals surface area contributed by atoms with Gasteiger partial charge in [-0.15, -0.1) is 0 Å². The molecule has 1 N–H and O–H groups in total. The number of benzene rings is 1. The van der Waals surface area contributed by atoms with Crippen LogP contribution in [0.5, 0.6) is 0 Å². The van der Waals surface area contributed by atoms with E-state index in [9.17, 15) is 14.3 Å². The molecule has 5 nitrogen and oxygen atoms in total. The lowest BCUT2D eigenvalue weighted by Crippen LogP contribution is -2.51. The largest absolute Gasteiger partial charge is 0.389 e. The Labute approximate surface area is 140 Å². The number of carbonyl (C=O) groups is 1. The second kappa shape index (κ2) is 8.59. The van der Waals surface area contributed by atoms with E-state index in [2.05, 4.69) is 4.90 Å². The van der Waals surface area contributed by atoms with Crippen molar-refractivity contribution >= 4 is 17.5 Å². The Morgan fingerprint density at radius 2 is 2.09 bits per heavy atom. The molecule has 1 aromatic carbocycles. The van der Waals surface area contributed by atoms with Crippen LogP contribution in [0.3, 0.4) is 0 Å². The van der Waals surface area contributed by atoms with Crippen LogP contribution < -0.4 is 0 Å². The van der Waals surface area contributed by atoms with Crippen molar-refractivity contribution in [2.24, 2.45) is 0 Å². The fraction of sp³-hybridized carbons (Fsp3) is 0.562. The zero-order chi connectivity index (χ0) is 16.8. The predicted octanol–water partition coefficient (Wildman–Crippen LogP) is 1.63. The summed E-state index contributed by atoms with van der Waals surface area (Å²) in [7, 11) is 0. The number of aliphatic hydroxyl groups is 1. The van der Waals surface area contributed by atoms with Gasteiger partial charge in [0.15, 0.2) is 0 Å². The average molecular weight is 345 g/mol. The van der Waals surface area contributed by atoms with E-state index in [0.29, 0.717) is 51.0 Å². The summed E-state index contributed by atoms with van der Waals surface area (Å²) < 4.78 is 19.0. The zero-order valence-corrected chi connectivity index (χ0v) is 13.9. The van der Waals surface area contributed by atoms with Gasteiger partial charge in [-0.25, -0.2) is 4.39 Å². The van der Waals surface area contributed by atoms with Crippen molar-refractivity contribution in [1.29, 1.82) is 0 Å². The molecule has 1 aromatic rings. The molecule has 128 valence electrons. The third kappa shape index (κ3) is 5.14. The summed E-state index contributed by atoms with van der Waals surface area (Å²) in [6, 6.07) is 3.98. The molecule has 0 aromatic heterocycles. The maximum absolute atomic E-state index is 13.8. The van der Waals surface area contributed by atoms with Crippen molar-refractivity contribution in [3.05, 3.63) is 34.6 Å². The van der Waals surface area contributed by atoms with Gasteiger partial charge in [0.1, 0.15) is 5.82 Å². The summed E-state index contributed by atoms with van der Waals surface area (Å²) in [4.78, 5) is 16.1. The fourth-order valence-electron chi connectivity index (χ4n) is 2.57. The molecule has 0 bridgehead atoms. The highest BCUT2D eigenvalue weighted by atomic mass is 35.5. The average Bonchev–Trinajstić information content (AvgIpc) is 2.55. The SMILES string of the molecule is CCOC[C@@H](O)CN1CCN(C(=O)c2cc(Cl)ccc2F)CC1. The molecule has 2 rings (SSSR count). The minimum absolute atomic E-state index is 0.00216. The molecule has 0 saturated carbocycles. The third-order valence-corrected chi connectivity index (χ3v) is 4.04. The maximum Gasteiger partial charge on any atom is 0.256 e. The standard InChI is InChI=1S/C16H22ClFN2O3/c1-2-23-11-13(21)10-19-5-7-20(8-6-19)16(22)14-9-12(17)3-4-15(14)18/h3-4,9,13,21H,2,5-8,10-11H2,1H3/t13-/m0/s1. The van der Waals surface area contributed by atoms with Gasteiger partial charge in [0.25, 0.3) is 5.91 Å². The molecule has 1 saturated heterocycles. The Hall–Kier alpha value is -1.21. The van der Waals surface area contributed by atoms with Gasteiger partial charge in [-0.05, 0) is 25.1 Å². The van der Waals surface area contributed by atoms with Crippen molar-refractivity contribution in [3.63, 3.8) is 0 Å². The van der Waals surface area contributed by atoms with Crippen LogP contribution >= 0.6 is 11.6 Å². The van der Waals surface area contributed by atoms with Crippen LogP contribution in [0.1, 0.15) is 17.3 Å². The van der Waals surface area contributed by atoms with Crippen LogP contribution in [0.4, 0.5) is 4.39 Å². The van der Waals surface area contributed by atoms with Crippen LogP contribution in [0.2, 0.25) is 5.02 Å². The second-order valence-corrected chi connectivity index (χ2v) is 5.97. The normalized spacial score (nSPS) is 17.3. The van der Waals surface area contributed by atoms with E-state index >= 15 is 0 Å². The van der Waals surface area contributed by atoms with Crippen molar-refractivity contribution < 1.29 is 19.0 Å². The fourth-order valence-corrected chi connectivity index (χ4v) is 2.74. The van der Waals surface area contributed by atoms with Crippen molar-refractivity contribution in [3.8, 4) is 0 Å². The topological polar surface area (TPSA) is 53.0 Å². The van der Waals surface area contributed by atoms with Gasteiger partial charge in [0.05, 0.1) is 18.3 Å². The van der Waals surface area contributed by atoms with E-state index in [-0.39, 0.29) is 11.5 Å². The lowest BCUT2D eigenvalue weighted by atomic mass is 10.1. The molecule has 1 heterocycles. The maximum atomic E-state index is 13.8. The Bertz CT molecular complexity index is 536. The number of piperazine rings is 1. The monoisotopic (exact) mass is 344 g/mol. The van der Waals surface area contributed by atoms with E-state index in [0.717, 1.165) is 0 Å². The molecule has 1 amide bonds. The highest BCUT2D eigenvalue weighted by molar-refractivity contribution is 6.31. The number of rotatable bonds is 6. The molecular weight excluding hydrogens is 323 g/mol. The first-order valence-electron chi connectivity index (χ1n) is 7.73. The van der Waals surface area contributed by atoms with Crippen molar-refractivity contribution in [2.45, 2.75) is 13.0 Å². The second-order valence-electron chi connectivity index (χ2n) is 5.53. The minimum Gasteiger partial charge on any atom is -0.389 e. The summed E-state index contributed by atoms with van der Waals surface area (Å²) >= 11 is 5.84. The number of ether oxygens (including phenoxy) is 1. The van der Waals surface area contributed by atoms with Gasteiger partial charge >= 0.3 is 0 Å². The minimum atomic E-state index is -0.561. The van der Waals surface area contributed by atoms with E-state index in [1.165, 1.54) is 18.2 Å². The number of aliphatic hydroxyl groups excluding tert-OH is 1. The van der Waals surface area contributed by atoms with Gasteiger partial charge in [-0.1, -0.05) is 11.6 Å². The first-order chi connectivity index (χ1) is 11.0. The summed E-state index contributed by atoms with van der Waals surface area (Å²) in [6.45, 7) is 5.53. The summed E-state index contributed by atoms with van der Waals surface area (Å²) in [6.07, 6.45) is -0.539. The number of halogens is 2. The number of hydrogen-bond acceptors (Lipinski definition) is 4. The Balaban J connectivity index is 1.86. The zero-order valence-electron chi connectivity index (χ0n) is 13.2. The molecule has 0 aliphatic carbocycles. The van der Waals surface area contributed by atoms with Crippen LogP contribution in [0.25, 0.3) is 0 Å². The number of carbonyl (C=O) groups excluding carboxylic acids is 1. The first kappa shape index (κ1) is 18.1. The molecule has 23 heavy (non-hydrogen) atoms.